The van der Waals surface area contributed by atoms with Gasteiger partial charge < -0.3 is 9.64 Å². The molecule has 0 aromatic rings. The van der Waals surface area contributed by atoms with Crippen LogP contribution in [0.25, 0.3) is 0 Å². The van der Waals surface area contributed by atoms with Crippen molar-refractivity contribution in [3.63, 3.8) is 0 Å². The largest absolute Gasteiger partial charge is 0.442 e. The van der Waals surface area contributed by atoms with Gasteiger partial charge in [-0.2, -0.15) is 17.2 Å². The summed E-state index contributed by atoms with van der Waals surface area (Å²) in [6, 6.07) is -0.0267. The lowest BCUT2D eigenvalue weighted by atomic mass is 9.68. The number of alkyl halides is 2. The van der Waals surface area contributed by atoms with Crippen molar-refractivity contribution in [2.75, 3.05) is 6.61 Å². The highest BCUT2D eigenvalue weighted by atomic mass is 32.2. The molecule has 0 radical (unpaired) electrons. The molecule has 3 aliphatic rings. The van der Waals surface area contributed by atoms with Gasteiger partial charge in [0, 0.05) is 12.1 Å². The summed E-state index contributed by atoms with van der Waals surface area (Å²) in [5.74, 6) is 1.22. The van der Waals surface area contributed by atoms with Gasteiger partial charge in [0.2, 0.25) is 0 Å². The van der Waals surface area contributed by atoms with Gasteiger partial charge >= 0.3 is 21.5 Å². The first-order valence-electron chi connectivity index (χ1n) is 7.40. The Morgan fingerprint density at radius 1 is 1.32 bits per heavy atom. The fourth-order valence-electron chi connectivity index (χ4n) is 4.59. The molecule has 6 nitrogen and oxygen atoms in total. The molecule has 3 rings (SSSR count). The first kappa shape index (κ1) is 15.9. The minimum atomic E-state index is -5.59. The number of halogens is 2. The maximum atomic E-state index is 13.2. The number of likely N-dealkylation sites (tertiary alicyclic amines) is 1. The molecule has 1 amide bonds. The molecule has 5 atom stereocenters. The van der Waals surface area contributed by atoms with Crippen molar-refractivity contribution in [2.24, 2.45) is 17.8 Å². The average Bonchev–Trinajstić information content (AvgIpc) is 2.59. The van der Waals surface area contributed by atoms with Crippen LogP contribution in [0.2, 0.25) is 0 Å². The summed E-state index contributed by atoms with van der Waals surface area (Å²) in [7, 11) is -5.59. The molecule has 0 aromatic heterocycles. The van der Waals surface area contributed by atoms with E-state index in [1.54, 1.807) is 0 Å². The Morgan fingerprint density at radius 2 is 2.00 bits per heavy atom. The molecule has 3 bridgehead atoms. The Kier molecular flexibility index (Phi) is 3.63. The summed E-state index contributed by atoms with van der Waals surface area (Å²) >= 11 is 0. The van der Waals surface area contributed by atoms with E-state index in [-0.39, 0.29) is 18.0 Å². The lowest BCUT2D eigenvalue weighted by molar-refractivity contribution is -0.00997. The number of amides is 1. The van der Waals surface area contributed by atoms with E-state index >= 15 is 0 Å². The second-order valence-electron chi connectivity index (χ2n) is 6.76. The minimum Gasteiger partial charge on any atom is -0.442 e. The number of ether oxygens (including phenoxy) is 1. The molecule has 126 valence electrons. The zero-order valence-electron chi connectivity index (χ0n) is 12.1. The van der Waals surface area contributed by atoms with E-state index in [1.807, 2.05) is 6.92 Å². The second kappa shape index (κ2) is 5.02. The number of hydrogen-bond acceptors (Lipinski definition) is 4. The third-order valence-corrected chi connectivity index (χ3v) is 6.13. The number of hydrogen-bond donors (Lipinski definition) is 1. The first-order chi connectivity index (χ1) is 10.1. The molecule has 22 heavy (non-hydrogen) atoms. The van der Waals surface area contributed by atoms with Gasteiger partial charge in [0.15, 0.2) is 6.61 Å². The second-order valence-corrected chi connectivity index (χ2v) is 8.31. The summed E-state index contributed by atoms with van der Waals surface area (Å²) in [5.41, 5.74) is 0. The maximum absolute atomic E-state index is 13.2. The molecule has 3 fully saturated rings. The Bertz CT molecular complexity index is 579. The van der Waals surface area contributed by atoms with E-state index in [2.05, 4.69) is 4.74 Å². The third-order valence-electron chi connectivity index (χ3n) is 5.25. The van der Waals surface area contributed by atoms with Crippen LogP contribution in [-0.4, -0.2) is 47.9 Å². The number of rotatable bonds is 3. The average molecular weight is 339 g/mol. The van der Waals surface area contributed by atoms with Gasteiger partial charge in [-0.05, 0) is 43.4 Å². The predicted octanol–water partition coefficient (Wildman–Crippen LogP) is 2.11. The van der Waals surface area contributed by atoms with Crippen LogP contribution in [0.4, 0.5) is 13.6 Å². The van der Waals surface area contributed by atoms with Crippen LogP contribution in [0.1, 0.15) is 32.6 Å². The van der Waals surface area contributed by atoms with E-state index in [9.17, 15) is 22.0 Å². The van der Waals surface area contributed by atoms with Gasteiger partial charge in [-0.1, -0.05) is 6.92 Å². The molecular formula is C13H19F2NO5S. The highest BCUT2D eigenvalue weighted by molar-refractivity contribution is 7.86. The summed E-state index contributed by atoms with van der Waals surface area (Å²) in [4.78, 5) is 13.7. The third kappa shape index (κ3) is 2.47. The summed E-state index contributed by atoms with van der Waals surface area (Å²) < 4.78 is 60.4. The quantitative estimate of drug-likeness (QED) is 0.796. The van der Waals surface area contributed by atoms with Crippen molar-refractivity contribution in [2.45, 2.75) is 49.9 Å². The van der Waals surface area contributed by atoms with Crippen LogP contribution < -0.4 is 0 Å². The van der Waals surface area contributed by atoms with Crippen molar-refractivity contribution in [1.29, 1.82) is 0 Å². The molecule has 1 N–H and O–H groups in total. The van der Waals surface area contributed by atoms with Crippen molar-refractivity contribution < 1.29 is 31.3 Å². The molecule has 1 saturated heterocycles. The first-order valence-corrected chi connectivity index (χ1v) is 8.84. The molecule has 0 spiro atoms. The monoisotopic (exact) mass is 339 g/mol. The molecule has 2 aliphatic carbocycles. The standard InChI is InChI=1S/C13H19F2NO5S/c1-7-2-8-3-9-5-10(4-8)16(11(7)9)12(17)21-6-13(14,15)22(18,19)20/h7-11H,2-6H2,1H3,(H,18,19,20). The zero-order valence-corrected chi connectivity index (χ0v) is 12.9. The van der Waals surface area contributed by atoms with Crippen LogP contribution in [0, 0.1) is 17.8 Å². The lowest BCUT2D eigenvalue weighted by Gasteiger charge is -2.37. The SMILES string of the molecule is CC1CC2CC3CC(C2)N(C(=O)OCC(F)(F)S(=O)(=O)O)C13. The molecule has 0 aromatic carbocycles. The van der Waals surface area contributed by atoms with Gasteiger partial charge in [0.25, 0.3) is 0 Å². The molecule has 9 heteroatoms. The topological polar surface area (TPSA) is 83.9 Å². The van der Waals surface area contributed by atoms with Crippen LogP contribution in [-0.2, 0) is 14.9 Å². The fraction of sp³-hybridized carbons (Fsp3) is 0.923. The van der Waals surface area contributed by atoms with E-state index < -0.39 is 28.1 Å². The van der Waals surface area contributed by atoms with Crippen LogP contribution in [0.3, 0.4) is 0 Å². The molecule has 1 heterocycles. The zero-order chi connectivity index (χ0) is 16.3. The van der Waals surface area contributed by atoms with Crippen LogP contribution in [0.5, 0.6) is 0 Å². The van der Waals surface area contributed by atoms with Gasteiger partial charge in [0.1, 0.15) is 0 Å². The summed E-state index contributed by atoms with van der Waals surface area (Å²) in [6.45, 7) is 0.383. The molecule has 5 unspecified atom stereocenters. The van der Waals surface area contributed by atoms with Crippen molar-refractivity contribution in [1.82, 2.24) is 4.90 Å². The van der Waals surface area contributed by atoms with Gasteiger partial charge in [-0.3, -0.25) is 4.55 Å². The van der Waals surface area contributed by atoms with E-state index in [0.29, 0.717) is 11.8 Å². The molecule has 2 saturated carbocycles. The molecular weight excluding hydrogens is 320 g/mol. The van der Waals surface area contributed by atoms with Crippen molar-refractivity contribution in [3.8, 4) is 0 Å². The predicted molar refractivity (Wildman–Crippen MR) is 71.9 cm³/mol. The van der Waals surface area contributed by atoms with E-state index in [4.69, 9.17) is 4.55 Å². The van der Waals surface area contributed by atoms with E-state index in [1.165, 1.54) is 4.90 Å². The fourth-order valence-corrected chi connectivity index (χ4v) is 4.80. The highest BCUT2D eigenvalue weighted by Crippen LogP contribution is 2.52. The smallest absolute Gasteiger partial charge is 0.410 e. The Balaban J connectivity index is 1.71. The van der Waals surface area contributed by atoms with Crippen molar-refractivity contribution >= 4 is 16.2 Å². The number of fused-ring (bicyclic) bond motifs is 2. The summed E-state index contributed by atoms with van der Waals surface area (Å²) in [6.07, 6.45) is 2.87. The lowest BCUT2D eigenvalue weighted by Crippen LogP contribution is -2.46. The minimum absolute atomic E-state index is 0.00874. The van der Waals surface area contributed by atoms with Crippen LogP contribution >= 0.6 is 0 Å². The molecule has 1 aliphatic heterocycles. The van der Waals surface area contributed by atoms with E-state index in [0.717, 1.165) is 25.7 Å². The van der Waals surface area contributed by atoms with Gasteiger partial charge in [0.05, 0.1) is 0 Å². The normalized spacial score (nSPS) is 37.5. The number of nitrogens with zero attached hydrogens (tertiary/aromatic N) is 1. The maximum Gasteiger partial charge on any atom is 0.410 e. The number of carbonyl (C=O) groups excluding carboxylic acids is 1. The van der Waals surface area contributed by atoms with Gasteiger partial charge in [-0.25, -0.2) is 4.79 Å². The van der Waals surface area contributed by atoms with Crippen molar-refractivity contribution in [3.05, 3.63) is 0 Å². The Labute approximate surface area is 127 Å². The van der Waals surface area contributed by atoms with Crippen LogP contribution in [0.15, 0.2) is 0 Å². The van der Waals surface area contributed by atoms with Gasteiger partial charge in [-0.15, -0.1) is 0 Å². The number of carbonyl (C=O) groups is 1. The summed E-state index contributed by atoms with van der Waals surface area (Å²) in [5, 5.41) is -4.48. The Morgan fingerprint density at radius 3 is 2.64 bits per heavy atom. The highest BCUT2D eigenvalue weighted by Gasteiger charge is 2.55. The Hall–Kier alpha value is -0.960.